The molecule has 4 nitrogen and oxygen atoms in total. The van der Waals surface area contributed by atoms with Crippen LogP contribution >= 0.6 is 0 Å². The molecule has 2 N–H and O–H groups in total. The third kappa shape index (κ3) is 3.48. The van der Waals surface area contributed by atoms with Gasteiger partial charge in [-0.1, -0.05) is 19.8 Å². The zero-order valence-electron chi connectivity index (χ0n) is 11.2. The van der Waals surface area contributed by atoms with E-state index in [0.717, 1.165) is 31.4 Å². The summed E-state index contributed by atoms with van der Waals surface area (Å²) in [4.78, 5) is 0.347. The van der Waals surface area contributed by atoms with Gasteiger partial charge in [0.1, 0.15) is 0 Å². The van der Waals surface area contributed by atoms with Gasteiger partial charge in [0.15, 0.2) is 9.84 Å². The van der Waals surface area contributed by atoms with Gasteiger partial charge in [-0.05, 0) is 37.1 Å². The molecular weight excluding hydrogens is 262 g/mol. The van der Waals surface area contributed by atoms with Gasteiger partial charge in [0.05, 0.1) is 16.2 Å². The van der Waals surface area contributed by atoms with Gasteiger partial charge in [-0.25, -0.2) is 8.42 Å². The summed E-state index contributed by atoms with van der Waals surface area (Å²) in [5, 5.41) is 13.4. The largest absolute Gasteiger partial charge is 0.388 e. The number of anilines is 1. The molecule has 106 valence electrons. The molecule has 0 radical (unpaired) electrons. The fraction of sp³-hybridized carbons (Fsp3) is 0.571. The monoisotopic (exact) mass is 283 g/mol. The molecule has 0 saturated heterocycles. The molecule has 0 unspecified atom stereocenters. The fourth-order valence-electron chi connectivity index (χ4n) is 2.42. The van der Waals surface area contributed by atoms with Crippen LogP contribution in [0.15, 0.2) is 29.2 Å². The van der Waals surface area contributed by atoms with Crippen molar-refractivity contribution in [2.24, 2.45) is 0 Å². The second-order valence-corrected chi connectivity index (χ2v) is 7.49. The van der Waals surface area contributed by atoms with Gasteiger partial charge in [-0.2, -0.15) is 0 Å². The quantitative estimate of drug-likeness (QED) is 0.869. The van der Waals surface area contributed by atoms with Crippen molar-refractivity contribution in [3.63, 3.8) is 0 Å². The van der Waals surface area contributed by atoms with Crippen LogP contribution in [-0.2, 0) is 9.84 Å². The van der Waals surface area contributed by atoms with Crippen molar-refractivity contribution in [2.75, 3.05) is 17.6 Å². The first-order valence-electron chi connectivity index (χ1n) is 6.74. The highest BCUT2D eigenvalue weighted by Crippen LogP contribution is 2.29. The molecule has 0 bridgehead atoms. The molecule has 1 aromatic rings. The number of hydrogen-bond donors (Lipinski definition) is 2. The highest BCUT2D eigenvalue weighted by molar-refractivity contribution is 7.91. The lowest BCUT2D eigenvalue weighted by atomic mass is 10.0. The average Bonchev–Trinajstić information content (AvgIpc) is 2.84. The summed E-state index contributed by atoms with van der Waals surface area (Å²) in [7, 11) is -3.13. The van der Waals surface area contributed by atoms with Crippen LogP contribution in [0.2, 0.25) is 0 Å². The van der Waals surface area contributed by atoms with E-state index in [1.165, 1.54) is 0 Å². The van der Waals surface area contributed by atoms with Crippen molar-refractivity contribution in [1.29, 1.82) is 0 Å². The van der Waals surface area contributed by atoms with Crippen molar-refractivity contribution in [1.82, 2.24) is 0 Å². The molecule has 0 heterocycles. The van der Waals surface area contributed by atoms with Crippen molar-refractivity contribution in [3.8, 4) is 0 Å². The lowest BCUT2D eigenvalue weighted by Crippen LogP contribution is -2.33. The second kappa shape index (κ2) is 5.51. The van der Waals surface area contributed by atoms with E-state index in [1.54, 1.807) is 31.2 Å². The molecule has 0 aromatic heterocycles. The van der Waals surface area contributed by atoms with Crippen molar-refractivity contribution < 1.29 is 13.5 Å². The van der Waals surface area contributed by atoms with Gasteiger partial charge in [0.25, 0.3) is 0 Å². The zero-order valence-corrected chi connectivity index (χ0v) is 12.0. The molecular formula is C14H21NO3S. The van der Waals surface area contributed by atoms with Crippen molar-refractivity contribution >= 4 is 15.5 Å². The molecule has 1 aliphatic rings. The topological polar surface area (TPSA) is 66.4 Å². The maximum atomic E-state index is 11.7. The summed E-state index contributed by atoms with van der Waals surface area (Å²) >= 11 is 0. The minimum atomic E-state index is -3.13. The maximum absolute atomic E-state index is 11.7. The third-order valence-corrected chi connectivity index (χ3v) is 5.50. The minimum absolute atomic E-state index is 0.111. The Bertz CT molecular complexity index is 516. The molecule has 5 heteroatoms. The molecule has 0 spiro atoms. The zero-order chi connectivity index (χ0) is 13.9. The van der Waals surface area contributed by atoms with Crippen molar-refractivity contribution in [2.45, 2.75) is 43.1 Å². The first-order chi connectivity index (χ1) is 8.95. The maximum Gasteiger partial charge on any atom is 0.178 e. The molecule has 19 heavy (non-hydrogen) atoms. The number of aliphatic hydroxyl groups is 1. The van der Waals surface area contributed by atoms with E-state index in [1.807, 2.05) is 0 Å². The Morgan fingerprint density at radius 1 is 1.21 bits per heavy atom. The number of hydrogen-bond acceptors (Lipinski definition) is 4. The van der Waals surface area contributed by atoms with Gasteiger partial charge in [-0.15, -0.1) is 0 Å². The highest BCUT2D eigenvalue weighted by Gasteiger charge is 2.30. The molecule has 1 saturated carbocycles. The Balaban J connectivity index is 1.99. The normalized spacial score (nSPS) is 18.4. The van der Waals surface area contributed by atoms with E-state index in [9.17, 15) is 13.5 Å². The predicted molar refractivity (Wildman–Crippen MR) is 76.1 cm³/mol. The Kier molecular flexibility index (Phi) is 4.16. The minimum Gasteiger partial charge on any atom is -0.388 e. The number of rotatable bonds is 5. The lowest BCUT2D eigenvalue weighted by molar-refractivity contribution is 0.0615. The SMILES string of the molecule is CCS(=O)(=O)c1ccc(NCC2(O)CCCC2)cc1. The predicted octanol–water partition coefficient (Wildman–Crippen LogP) is 2.20. The number of sulfone groups is 1. The Hall–Kier alpha value is -1.07. The summed E-state index contributed by atoms with van der Waals surface area (Å²) in [6.45, 7) is 2.16. The highest BCUT2D eigenvalue weighted by atomic mass is 32.2. The molecule has 0 amide bonds. The van der Waals surface area contributed by atoms with Crippen LogP contribution in [0.25, 0.3) is 0 Å². The van der Waals surface area contributed by atoms with Gasteiger partial charge in [0.2, 0.25) is 0 Å². The van der Waals surface area contributed by atoms with E-state index in [0.29, 0.717) is 11.4 Å². The molecule has 1 fully saturated rings. The fourth-order valence-corrected chi connectivity index (χ4v) is 3.31. The van der Waals surface area contributed by atoms with Gasteiger partial charge >= 0.3 is 0 Å². The van der Waals surface area contributed by atoms with Crippen LogP contribution in [0, 0.1) is 0 Å². The standard InChI is InChI=1S/C14H21NO3S/c1-2-19(17,18)13-7-5-12(6-8-13)15-11-14(16)9-3-4-10-14/h5-8,15-16H,2-4,9-11H2,1H3. The summed E-state index contributed by atoms with van der Waals surface area (Å²) < 4.78 is 23.3. The van der Waals surface area contributed by atoms with E-state index < -0.39 is 15.4 Å². The second-order valence-electron chi connectivity index (χ2n) is 5.21. The van der Waals surface area contributed by atoms with Crippen LogP contribution in [0.5, 0.6) is 0 Å². The van der Waals surface area contributed by atoms with Crippen LogP contribution in [0.1, 0.15) is 32.6 Å². The first kappa shape index (κ1) is 14.3. The summed E-state index contributed by atoms with van der Waals surface area (Å²) in [6.07, 6.45) is 3.82. The smallest absolute Gasteiger partial charge is 0.178 e. The van der Waals surface area contributed by atoms with Crippen molar-refractivity contribution in [3.05, 3.63) is 24.3 Å². The molecule has 2 rings (SSSR count). The molecule has 1 aromatic carbocycles. The molecule has 0 atom stereocenters. The van der Waals surface area contributed by atoms with E-state index in [4.69, 9.17) is 0 Å². The van der Waals surface area contributed by atoms with Crippen LogP contribution < -0.4 is 5.32 Å². The summed E-state index contributed by atoms with van der Waals surface area (Å²) in [6, 6.07) is 6.72. The molecule has 0 aliphatic heterocycles. The van der Waals surface area contributed by atoms with Gasteiger partial charge in [0, 0.05) is 12.2 Å². The molecule has 1 aliphatic carbocycles. The number of nitrogens with one attached hydrogen (secondary N) is 1. The average molecular weight is 283 g/mol. The Morgan fingerprint density at radius 2 is 1.79 bits per heavy atom. The first-order valence-corrected chi connectivity index (χ1v) is 8.39. The van der Waals surface area contributed by atoms with Gasteiger partial charge < -0.3 is 10.4 Å². The van der Waals surface area contributed by atoms with Crippen LogP contribution in [-0.4, -0.2) is 31.4 Å². The van der Waals surface area contributed by atoms with Crippen LogP contribution in [0.3, 0.4) is 0 Å². The third-order valence-electron chi connectivity index (χ3n) is 3.75. The number of benzene rings is 1. The Labute approximate surface area is 114 Å². The van der Waals surface area contributed by atoms with E-state index in [-0.39, 0.29) is 5.75 Å². The summed E-state index contributed by atoms with van der Waals surface area (Å²) in [5.41, 5.74) is 0.240. The summed E-state index contributed by atoms with van der Waals surface area (Å²) in [5.74, 6) is 0.111. The van der Waals surface area contributed by atoms with E-state index >= 15 is 0 Å². The van der Waals surface area contributed by atoms with Crippen LogP contribution in [0.4, 0.5) is 5.69 Å². The lowest BCUT2D eigenvalue weighted by Gasteiger charge is -2.23. The van der Waals surface area contributed by atoms with E-state index in [2.05, 4.69) is 5.32 Å². The Morgan fingerprint density at radius 3 is 2.32 bits per heavy atom. The van der Waals surface area contributed by atoms with Gasteiger partial charge in [-0.3, -0.25) is 0 Å².